The fourth-order valence-electron chi connectivity index (χ4n) is 1.95. The summed E-state index contributed by atoms with van der Waals surface area (Å²) in [5, 5.41) is 0. The summed E-state index contributed by atoms with van der Waals surface area (Å²) in [7, 11) is -3.47. The smallest absolute Gasteiger partial charge is 0.250 e. The molecule has 0 aliphatic heterocycles. The zero-order valence-electron chi connectivity index (χ0n) is 11.4. The van der Waals surface area contributed by atoms with Crippen molar-refractivity contribution in [2.24, 2.45) is 0 Å². The molecule has 2 heterocycles. The van der Waals surface area contributed by atoms with Gasteiger partial charge in [0.1, 0.15) is 9.73 Å². The van der Waals surface area contributed by atoms with E-state index in [0.29, 0.717) is 9.79 Å². The number of thiophene rings is 1. The van der Waals surface area contributed by atoms with Crippen LogP contribution in [0.3, 0.4) is 0 Å². The maximum absolute atomic E-state index is 12.2. The molecule has 0 aliphatic rings. The van der Waals surface area contributed by atoms with E-state index in [1.54, 1.807) is 12.1 Å². The Morgan fingerprint density at radius 2 is 2.14 bits per heavy atom. The fraction of sp³-hybridized carbons (Fsp3) is 0.214. The van der Waals surface area contributed by atoms with Crippen LogP contribution in [0, 0.1) is 0 Å². The van der Waals surface area contributed by atoms with Gasteiger partial charge in [0, 0.05) is 11.4 Å². The Labute approximate surface area is 126 Å². The van der Waals surface area contributed by atoms with Crippen LogP contribution in [0.4, 0.5) is 0 Å². The molecule has 5 nitrogen and oxygen atoms in total. The second-order valence-corrected chi connectivity index (χ2v) is 7.72. The van der Waals surface area contributed by atoms with Gasteiger partial charge in [-0.2, -0.15) is 0 Å². The molecule has 3 rings (SSSR count). The molecule has 0 radical (unpaired) electrons. The van der Waals surface area contributed by atoms with Gasteiger partial charge in [-0.3, -0.25) is 0 Å². The van der Waals surface area contributed by atoms with E-state index in [0.717, 1.165) is 22.4 Å². The Morgan fingerprint density at radius 1 is 1.29 bits per heavy atom. The maximum Gasteiger partial charge on any atom is 0.250 e. The van der Waals surface area contributed by atoms with Gasteiger partial charge in [-0.1, -0.05) is 13.0 Å². The van der Waals surface area contributed by atoms with E-state index < -0.39 is 10.0 Å². The normalized spacial score (nSPS) is 12.0. The lowest BCUT2D eigenvalue weighted by molar-refractivity contribution is 0.583. The second kappa shape index (κ2) is 5.59. The number of sulfonamides is 1. The van der Waals surface area contributed by atoms with E-state index in [2.05, 4.69) is 9.71 Å². The average Bonchev–Trinajstić information content (AvgIpc) is 3.13. The van der Waals surface area contributed by atoms with Gasteiger partial charge in [-0.05, 0) is 36.2 Å². The van der Waals surface area contributed by atoms with Crippen LogP contribution < -0.4 is 4.72 Å². The van der Waals surface area contributed by atoms with Crippen LogP contribution in [0.2, 0.25) is 0 Å². The van der Waals surface area contributed by atoms with Crippen molar-refractivity contribution in [3.63, 3.8) is 0 Å². The first-order valence-electron chi connectivity index (χ1n) is 6.49. The molecule has 0 bridgehead atoms. The molecule has 0 amide bonds. The average molecular weight is 322 g/mol. The highest BCUT2D eigenvalue weighted by Crippen LogP contribution is 2.22. The molecule has 0 atom stereocenters. The fourth-order valence-corrected chi connectivity index (χ4v) is 4.31. The third kappa shape index (κ3) is 2.99. The molecule has 1 aromatic carbocycles. The Hall–Kier alpha value is -1.70. The van der Waals surface area contributed by atoms with Gasteiger partial charge in [0.15, 0.2) is 12.0 Å². The number of rotatable bonds is 5. The lowest BCUT2D eigenvalue weighted by atomic mass is 10.2. The minimum Gasteiger partial charge on any atom is -0.443 e. The third-order valence-corrected chi connectivity index (χ3v) is 6.23. The van der Waals surface area contributed by atoms with Gasteiger partial charge in [-0.25, -0.2) is 18.1 Å². The van der Waals surface area contributed by atoms with E-state index >= 15 is 0 Å². The van der Waals surface area contributed by atoms with Crippen molar-refractivity contribution in [2.45, 2.75) is 24.1 Å². The zero-order chi connectivity index (χ0) is 14.9. The van der Waals surface area contributed by atoms with Crippen LogP contribution >= 0.6 is 11.3 Å². The molecule has 7 heteroatoms. The summed E-state index contributed by atoms with van der Waals surface area (Å²) in [6, 6.07) is 8.92. The highest BCUT2D eigenvalue weighted by Gasteiger charge is 2.16. The van der Waals surface area contributed by atoms with Crippen molar-refractivity contribution >= 4 is 32.5 Å². The van der Waals surface area contributed by atoms with Gasteiger partial charge in [0.25, 0.3) is 0 Å². The monoisotopic (exact) mass is 322 g/mol. The van der Waals surface area contributed by atoms with Crippen molar-refractivity contribution in [2.75, 3.05) is 0 Å². The van der Waals surface area contributed by atoms with Crippen molar-refractivity contribution in [1.82, 2.24) is 9.71 Å². The first-order chi connectivity index (χ1) is 10.1. The Morgan fingerprint density at radius 3 is 2.90 bits per heavy atom. The standard InChI is InChI=1S/C14H14N2O3S2/c1-2-11-4-6-14(20-11)21(17,18)16-8-10-3-5-12-13(7-10)19-9-15-12/h3-7,9,16H,2,8H2,1H3. The molecule has 0 aliphatic carbocycles. The summed E-state index contributed by atoms with van der Waals surface area (Å²) in [6.45, 7) is 2.22. The summed E-state index contributed by atoms with van der Waals surface area (Å²) in [5.74, 6) is 0. The van der Waals surface area contributed by atoms with Gasteiger partial charge < -0.3 is 4.42 Å². The summed E-state index contributed by atoms with van der Waals surface area (Å²) < 4.78 is 32.6. The molecule has 1 N–H and O–H groups in total. The predicted molar refractivity (Wildman–Crippen MR) is 81.7 cm³/mol. The van der Waals surface area contributed by atoms with Gasteiger partial charge >= 0.3 is 0 Å². The van der Waals surface area contributed by atoms with Crippen molar-refractivity contribution in [3.8, 4) is 0 Å². The molecule has 110 valence electrons. The van der Waals surface area contributed by atoms with E-state index in [4.69, 9.17) is 4.42 Å². The molecule has 0 saturated carbocycles. The van der Waals surface area contributed by atoms with Gasteiger partial charge in [-0.15, -0.1) is 11.3 Å². The highest BCUT2D eigenvalue weighted by atomic mass is 32.2. The number of hydrogen-bond donors (Lipinski definition) is 1. The van der Waals surface area contributed by atoms with E-state index in [-0.39, 0.29) is 6.54 Å². The molecular weight excluding hydrogens is 308 g/mol. The number of aromatic nitrogens is 1. The molecule has 0 spiro atoms. The Balaban J connectivity index is 1.76. The van der Waals surface area contributed by atoms with Gasteiger partial charge in [0.2, 0.25) is 10.0 Å². The first-order valence-corrected chi connectivity index (χ1v) is 8.79. The number of hydrogen-bond acceptors (Lipinski definition) is 5. The quantitative estimate of drug-likeness (QED) is 0.784. The van der Waals surface area contributed by atoms with Crippen LogP contribution in [-0.4, -0.2) is 13.4 Å². The maximum atomic E-state index is 12.2. The lowest BCUT2D eigenvalue weighted by Crippen LogP contribution is -2.22. The minimum atomic E-state index is -3.47. The predicted octanol–water partition coefficient (Wildman–Crippen LogP) is 2.93. The number of oxazole rings is 1. The molecule has 3 aromatic rings. The minimum absolute atomic E-state index is 0.221. The second-order valence-electron chi connectivity index (χ2n) is 4.55. The first kappa shape index (κ1) is 14.2. The lowest BCUT2D eigenvalue weighted by Gasteiger charge is -2.04. The summed E-state index contributed by atoms with van der Waals surface area (Å²) in [6.07, 6.45) is 2.21. The number of aryl methyl sites for hydroxylation is 1. The Bertz CT molecular complexity index is 865. The van der Waals surface area contributed by atoms with Gasteiger partial charge in [0.05, 0.1) is 0 Å². The van der Waals surface area contributed by atoms with Crippen molar-refractivity contribution in [3.05, 3.63) is 47.2 Å². The van der Waals surface area contributed by atoms with Crippen LogP contribution in [-0.2, 0) is 23.0 Å². The zero-order valence-corrected chi connectivity index (χ0v) is 13.0. The Kier molecular flexibility index (Phi) is 3.79. The number of nitrogens with zero attached hydrogens (tertiary/aromatic N) is 1. The summed E-state index contributed by atoms with van der Waals surface area (Å²) >= 11 is 1.30. The van der Waals surface area contributed by atoms with E-state index in [1.165, 1.54) is 17.7 Å². The molecule has 21 heavy (non-hydrogen) atoms. The van der Waals surface area contributed by atoms with Crippen molar-refractivity contribution < 1.29 is 12.8 Å². The van der Waals surface area contributed by atoms with Crippen LogP contribution in [0.5, 0.6) is 0 Å². The molecular formula is C14H14N2O3S2. The molecule has 2 aromatic heterocycles. The summed E-state index contributed by atoms with van der Waals surface area (Å²) in [5.41, 5.74) is 2.23. The number of nitrogens with one attached hydrogen (secondary N) is 1. The van der Waals surface area contributed by atoms with Crippen molar-refractivity contribution in [1.29, 1.82) is 0 Å². The third-order valence-electron chi connectivity index (χ3n) is 3.11. The van der Waals surface area contributed by atoms with Crippen LogP contribution in [0.1, 0.15) is 17.4 Å². The van der Waals surface area contributed by atoms with Crippen LogP contribution in [0.25, 0.3) is 11.1 Å². The molecule has 0 saturated heterocycles. The largest absolute Gasteiger partial charge is 0.443 e. The SMILES string of the molecule is CCc1ccc(S(=O)(=O)NCc2ccc3ncoc3c2)s1. The topological polar surface area (TPSA) is 72.2 Å². The highest BCUT2D eigenvalue weighted by molar-refractivity contribution is 7.91. The van der Waals surface area contributed by atoms with E-state index in [9.17, 15) is 8.42 Å². The number of fused-ring (bicyclic) bond motifs is 1. The number of benzene rings is 1. The van der Waals surface area contributed by atoms with E-state index in [1.807, 2.05) is 25.1 Å². The summed E-state index contributed by atoms with van der Waals surface area (Å²) in [4.78, 5) is 5.08. The molecule has 0 fully saturated rings. The van der Waals surface area contributed by atoms with Crippen LogP contribution in [0.15, 0.2) is 45.4 Å². The molecule has 0 unspecified atom stereocenters.